The number of alkyl halides is 3. The Morgan fingerprint density at radius 2 is 2.11 bits per heavy atom. The van der Waals surface area contributed by atoms with Crippen LogP contribution in [0.1, 0.15) is 16.3 Å². The molecule has 0 aliphatic carbocycles. The lowest BCUT2D eigenvalue weighted by Gasteiger charge is -2.04. The van der Waals surface area contributed by atoms with Crippen LogP contribution in [-0.4, -0.2) is 36.5 Å². The van der Waals surface area contributed by atoms with Gasteiger partial charge in [0.05, 0.1) is 12.7 Å². The molecule has 0 saturated carbocycles. The number of hydrogen-bond acceptors (Lipinski definition) is 4. The van der Waals surface area contributed by atoms with Gasteiger partial charge in [-0.2, -0.15) is 13.2 Å². The number of ketones is 1. The Kier molecular flexibility index (Phi) is 3.36. The number of aromatic nitrogens is 5. The predicted molar refractivity (Wildman–Crippen MR) is 57.4 cm³/mol. The molecule has 102 valence electrons. The number of carbonyl (C=O) groups is 1. The van der Waals surface area contributed by atoms with Gasteiger partial charge in [-0.15, -0.1) is 5.10 Å². The molecule has 0 spiro atoms. The summed E-state index contributed by atoms with van der Waals surface area (Å²) in [5.74, 6) is -1.20. The molecule has 0 saturated heterocycles. The Morgan fingerprint density at radius 1 is 1.37 bits per heavy atom. The standard InChI is InChI=1S/C10H10F3N5O/c1-7-14-2-3-17(7)4-5-18-6-8(15-16-18)9(19)10(11,12)13/h2-3,6H,4-5H2,1H3. The maximum atomic E-state index is 12.2. The molecular formula is C10H10F3N5O. The van der Waals surface area contributed by atoms with Crippen molar-refractivity contribution in [1.29, 1.82) is 0 Å². The maximum absolute atomic E-state index is 12.2. The first-order valence-electron chi connectivity index (χ1n) is 5.37. The minimum Gasteiger partial charge on any atom is -0.333 e. The third kappa shape index (κ3) is 2.98. The average Bonchev–Trinajstić information content (AvgIpc) is 2.93. The number of halogens is 3. The molecule has 0 radical (unpaired) electrons. The van der Waals surface area contributed by atoms with Gasteiger partial charge in [0.1, 0.15) is 5.82 Å². The molecule has 0 aliphatic rings. The summed E-state index contributed by atoms with van der Waals surface area (Å²) in [5, 5.41) is 6.72. The topological polar surface area (TPSA) is 65.6 Å². The number of carbonyl (C=O) groups excluding carboxylic acids is 1. The summed E-state index contributed by atoms with van der Waals surface area (Å²) < 4.78 is 39.5. The molecule has 2 heterocycles. The first kappa shape index (κ1) is 13.2. The van der Waals surface area contributed by atoms with Crippen molar-refractivity contribution in [2.75, 3.05) is 0 Å². The van der Waals surface area contributed by atoms with Crippen molar-refractivity contribution in [3.05, 3.63) is 30.1 Å². The fourth-order valence-corrected chi connectivity index (χ4v) is 1.51. The van der Waals surface area contributed by atoms with Gasteiger partial charge in [-0.1, -0.05) is 5.21 Å². The minimum absolute atomic E-state index is 0.301. The van der Waals surface area contributed by atoms with Crippen LogP contribution in [0, 0.1) is 6.92 Å². The summed E-state index contributed by atoms with van der Waals surface area (Å²) >= 11 is 0. The molecular weight excluding hydrogens is 263 g/mol. The molecule has 0 unspecified atom stereocenters. The number of Topliss-reactive ketones (excluding diaryl/α,β-unsaturated/α-hetero) is 1. The molecule has 0 aromatic carbocycles. The Morgan fingerprint density at radius 3 is 2.68 bits per heavy atom. The van der Waals surface area contributed by atoms with Crippen LogP contribution in [-0.2, 0) is 13.1 Å². The molecule has 2 aromatic rings. The van der Waals surface area contributed by atoms with Crippen LogP contribution < -0.4 is 0 Å². The highest BCUT2D eigenvalue weighted by molar-refractivity contribution is 5.98. The predicted octanol–water partition coefficient (Wildman–Crippen LogP) is 1.23. The van der Waals surface area contributed by atoms with E-state index in [4.69, 9.17) is 0 Å². The summed E-state index contributed by atoms with van der Waals surface area (Å²) in [5.41, 5.74) is -0.699. The summed E-state index contributed by atoms with van der Waals surface area (Å²) in [6.45, 7) is 2.59. The highest BCUT2D eigenvalue weighted by atomic mass is 19.4. The van der Waals surface area contributed by atoms with Gasteiger partial charge in [0.25, 0.3) is 5.78 Å². The van der Waals surface area contributed by atoms with E-state index in [1.54, 1.807) is 19.3 Å². The fraction of sp³-hybridized carbons (Fsp3) is 0.400. The lowest BCUT2D eigenvalue weighted by atomic mass is 10.3. The lowest BCUT2D eigenvalue weighted by molar-refractivity contribution is -0.0888. The Hall–Kier alpha value is -2.19. The van der Waals surface area contributed by atoms with Crippen LogP contribution in [0.2, 0.25) is 0 Å². The Bertz CT molecular complexity index is 586. The maximum Gasteiger partial charge on any atom is 0.456 e. The van der Waals surface area contributed by atoms with Crippen molar-refractivity contribution in [3.63, 3.8) is 0 Å². The van der Waals surface area contributed by atoms with Crippen LogP contribution in [0.4, 0.5) is 13.2 Å². The number of rotatable bonds is 4. The molecule has 0 aliphatic heterocycles. The summed E-state index contributed by atoms with van der Waals surface area (Å²) in [4.78, 5) is 14.9. The van der Waals surface area contributed by atoms with Crippen molar-refractivity contribution in [2.24, 2.45) is 0 Å². The van der Waals surface area contributed by atoms with Crippen molar-refractivity contribution in [1.82, 2.24) is 24.5 Å². The second kappa shape index (κ2) is 4.82. The van der Waals surface area contributed by atoms with E-state index in [2.05, 4.69) is 15.3 Å². The van der Waals surface area contributed by atoms with Crippen LogP contribution in [0.15, 0.2) is 18.6 Å². The SMILES string of the molecule is Cc1nccn1CCn1cc(C(=O)C(F)(F)F)nn1. The van der Waals surface area contributed by atoms with Gasteiger partial charge in [-0.05, 0) is 6.92 Å². The van der Waals surface area contributed by atoms with Gasteiger partial charge in [-0.3, -0.25) is 4.79 Å². The summed E-state index contributed by atoms with van der Waals surface area (Å²) in [7, 11) is 0. The van der Waals surface area contributed by atoms with Crippen molar-refractivity contribution >= 4 is 5.78 Å². The lowest BCUT2D eigenvalue weighted by Crippen LogP contribution is -2.23. The molecule has 2 rings (SSSR count). The van der Waals surface area contributed by atoms with Crippen LogP contribution in [0.3, 0.4) is 0 Å². The molecule has 0 N–H and O–H groups in total. The van der Waals surface area contributed by atoms with Crippen molar-refractivity contribution in [3.8, 4) is 0 Å². The van der Waals surface area contributed by atoms with Gasteiger partial charge in [0, 0.05) is 18.9 Å². The largest absolute Gasteiger partial charge is 0.456 e. The van der Waals surface area contributed by atoms with E-state index < -0.39 is 17.7 Å². The zero-order chi connectivity index (χ0) is 14.0. The van der Waals surface area contributed by atoms with E-state index in [-0.39, 0.29) is 0 Å². The first-order chi connectivity index (χ1) is 8.88. The summed E-state index contributed by atoms with van der Waals surface area (Å²) in [6.07, 6.45) is -0.576. The van der Waals surface area contributed by atoms with Crippen molar-refractivity contribution in [2.45, 2.75) is 26.2 Å². The van der Waals surface area contributed by atoms with Crippen LogP contribution >= 0.6 is 0 Å². The molecule has 6 nitrogen and oxygen atoms in total. The number of aryl methyl sites for hydroxylation is 3. The monoisotopic (exact) mass is 273 g/mol. The third-order valence-electron chi connectivity index (χ3n) is 2.52. The Balaban J connectivity index is 2.02. The molecule has 2 aromatic heterocycles. The summed E-state index contributed by atoms with van der Waals surface area (Å²) in [6, 6.07) is 0. The second-order valence-electron chi connectivity index (χ2n) is 3.86. The van der Waals surface area contributed by atoms with Gasteiger partial charge in [-0.25, -0.2) is 9.67 Å². The molecule has 19 heavy (non-hydrogen) atoms. The normalized spacial score (nSPS) is 11.8. The average molecular weight is 273 g/mol. The first-order valence-corrected chi connectivity index (χ1v) is 5.37. The van der Waals surface area contributed by atoms with Crippen LogP contribution in [0.25, 0.3) is 0 Å². The smallest absolute Gasteiger partial charge is 0.333 e. The third-order valence-corrected chi connectivity index (χ3v) is 2.52. The van der Waals surface area contributed by atoms with E-state index in [1.807, 2.05) is 4.57 Å². The molecule has 0 bridgehead atoms. The number of nitrogens with zero attached hydrogens (tertiary/aromatic N) is 5. The number of hydrogen-bond donors (Lipinski definition) is 0. The van der Waals surface area contributed by atoms with E-state index in [9.17, 15) is 18.0 Å². The van der Waals surface area contributed by atoms with E-state index in [1.165, 1.54) is 4.68 Å². The van der Waals surface area contributed by atoms with Gasteiger partial charge in [0.2, 0.25) is 0 Å². The van der Waals surface area contributed by atoms with Gasteiger partial charge < -0.3 is 4.57 Å². The zero-order valence-corrected chi connectivity index (χ0v) is 9.92. The minimum atomic E-state index is -4.93. The van der Waals surface area contributed by atoms with E-state index in [0.29, 0.717) is 13.1 Å². The molecule has 0 amide bonds. The van der Waals surface area contributed by atoms with Crippen molar-refractivity contribution < 1.29 is 18.0 Å². The molecule has 0 fully saturated rings. The highest BCUT2D eigenvalue weighted by Gasteiger charge is 2.41. The Labute approximate surface area is 105 Å². The fourth-order valence-electron chi connectivity index (χ4n) is 1.51. The molecule has 9 heteroatoms. The number of imidazole rings is 1. The highest BCUT2D eigenvalue weighted by Crippen LogP contribution is 2.19. The van der Waals surface area contributed by atoms with Gasteiger partial charge in [0.15, 0.2) is 5.69 Å². The van der Waals surface area contributed by atoms with E-state index >= 15 is 0 Å². The van der Waals surface area contributed by atoms with Crippen LogP contribution in [0.5, 0.6) is 0 Å². The van der Waals surface area contributed by atoms with E-state index in [0.717, 1.165) is 12.0 Å². The second-order valence-corrected chi connectivity index (χ2v) is 3.86. The zero-order valence-electron chi connectivity index (χ0n) is 9.92. The quantitative estimate of drug-likeness (QED) is 0.786. The van der Waals surface area contributed by atoms with Gasteiger partial charge >= 0.3 is 6.18 Å². The molecule has 0 atom stereocenters.